The van der Waals surface area contributed by atoms with Crippen LogP contribution in [0.15, 0.2) is 53.6 Å². The van der Waals surface area contributed by atoms with Crippen LogP contribution in [0.4, 0.5) is 0 Å². The molecule has 2 unspecified atom stereocenters. The minimum atomic E-state index is -0.146. The van der Waals surface area contributed by atoms with Crippen molar-refractivity contribution in [3.8, 4) is 0 Å². The Morgan fingerprint density at radius 3 is 2.76 bits per heavy atom. The van der Waals surface area contributed by atoms with Gasteiger partial charge in [-0.1, -0.05) is 59.6 Å². The number of hydrogen-bond acceptors (Lipinski definition) is 4. The third kappa shape index (κ3) is 4.80. The highest BCUT2D eigenvalue weighted by molar-refractivity contribution is 6.42. The number of benzene rings is 2. The summed E-state index contributed by atoms with van der Waals surface area (Å²) in [7, 11) is 0. The Morgan fingerprint density at radius 2 is 2.00 bits per heavy atom. The molecule has 7 heteroatoms. The molecule has 0 aliphatic carbocycles. The first-order chi connectivity index (χ1) is 12.1. The topological polar surface area (TPSA) is 65.5 Å². The van der Waals surface area contributed by atoms with Crippen molar-refractivity contribution in [3.63, 3.8) is 0 Å². The summed E-state index contributed by atoms with van der Waals surface area (Å²) in [5, 5.41) is 5.14. The molecule has 0 radical (unpaired) electrons. The number of hydrogen-bond donors (Lipinski definition) is 3. The molecule has 25 heavy (non-hydrogen) atoms. The van der Waals surface area contributed by atoms with E-state index in [1.807, 2.05) is 42.5 Å². The maximum Gasteiger partial charge on any atom is 0.244 e. The highest BCUT2D eigenvalue weighted by Gasteiger charge is 2.27. The molecule has 1 aliphatic rings. The molecule has 1 amide bonds. The third-order valence-corrected chi connectivity index (χ3v) is 4.73. The molecule has 2 aromatic rings. The second-order valence-corrected chi connectivity index (χ2v) is 6.63. The van der Waals surface area contributed by atoms with Gasteiger partial charge in [0.05, 0.1) is 22.5 Å². The van der Waals surface area contributed by atoms with E-state index in [4.69, 9.17) is 23.2 Å². The van der Waals surface area contributed by atoms with Crippen molar-refractivity contribution in [2.75, 3.05) is 6.54 Å². The van der Waals surface area contributed by atoms with Gasteiger partial charge in [0.2, 0.25) is 5.91 Å². The van der Waals surface area contributed by atoms with Gasteiger partial charge in [-0.25, -0.2) is 10.9 Å². The predicted octanol–water partition coefficient (Wildman–Crippen LogP) is 3.10. The fourth-order valence-electron chi connectivity index (χ4n) is 2.71. The fourth-order valence-corrected chi connectivity index (χ4v) is 3.02. The van der Waals surface area contributed by atoms with Crippen molar-refractivity contribution >= 4 is 35.3 Å². The summed E-state index contributed by atoms with van der Waals surface area (Å²) in [6.45, 7) is 0.697. The molecular formula is C18H18Cl2N4O. The number of carbonyl (C=O) groups excluding carboxylic acids is 1. The van der Waals surface area contributed by atoms with Crippen LogP contribution in [-0.4, -0.2) is 18.7 Å². The number of carbonyl (C=O) groups is 1. The summed E-state index contributed by atoms with van der Waals surface area (Å²) < 4.78 is 0. The largest absolute Gasteiger partial charge is 0.273 e. The summed E-state index contributed by atoms with van der Waals surface area (Å²) in [6, 6.07) is 15.1. The van der Waals surface area contributed by atoms with Crippen LogP contribution in [0.25, 0.3) is 0 Å². The summed E-state index contributed by atoms with van der Waals surface area (Å²) in [4.78, 5) is 11.9. The number of rotatable bonds is 5. The van der Waals surface area contributed by atoms with Gasteiger partial charge in [0.25, 0.3) is 0 Å². The van der Waals surface area contributed by atoms with Gasteiger partial charge in [0, 0.05) is 18.7 Å². The lowest BCUT2D eigenvalue weighted by Gasteiger charge is -2.15. The van der Waals surface area contributed by atoms with Crippen molar-refractivity contribution in [3.05, 3.63) is 69.7 Å². The number of hydrazine groups is 1. The van der Waals surface area contributed by atoms with Crippen LogP contribution in [0.1, 0.15) is 17.2 Å². The third-order valence-electron chi connectivity index (χ3n) is 3.99. The second kappa shape index (κ2) is 8.45. The zero-order chi connectivity index (χ0) is 17.6. The molecule has 0 aromatic heterocycles. The van der Waals surface area contributed by atoms with Crippen LogP contribution in [-0.2, 0) is 11.2 Å². The summed E-state index contributed by atoms with van der Waals surface area (Å²) >= 11 is 12.1. The summed E-state index contributed by atoms with van der Waals surface area (Å²) in [5.41, 5.74) is 10.8. The monoisotopic (exact) mass is 376 g/mol. The van der Waals surface area contributed by atoms with Crippen molar-refractivity contribution < 1.29 is 4.79 Å². The lowest BCUT2D eigenvalue weighted by molar-refractivity contribution is -0.120. The minimum Gasteiger partial charge on any atom is -0.273 e. The van der Waals surface area contributed by atoms with Gasteiger partial charge in [0.1, 0.15) is 0 Å². The Hall–Kier alpha value is -1.92. The molecular weight excluding hydrogens is 359 g/mol. The average Bonchev–Trinajstić information content (AvgIpc) is 3.07. The standard InChI is InChI=1S/C18H18Cl2N4O/c19-15-7-6-13(9-16(15)20)18-14(11-22-24-18)10-21-23-17(25)8-12-4-2-1-3-5-12/h1-7,9-10,14,18,22,24H,8,11H2,(H,23,25)/b21-10+. The van der Waals surface area contributed by atoms with Crippen LogP contribution in [0, 0.1) is 5.92 Å². The van der Waals surface area contributed by atoms with E-state index < -0.39 is 0 Å². The van der Waals surface area contributed by atoms with Gasteiger partial charge in [-0.2, -0.15) is 5.10 Å². The molecule has 1 fully saturated rings. The molecule has 130 valence electrons. The van der Waals surface area contributed by atoms with E-state index in [2.05, 4.69) is 21.4 Å². The molecule has 0 bridgehead atoms. The Labute approximate surface area is 156 Å². The van der Waals surface area contributed by atoms with Gasteiger partial charge < -0.3 is 0 Å². The van der Waals surface area contributed by atoms with Crippen LogP contribution in [0.5, 0.6) is 0 Å². The van der Waals surface area contributed by atoms with E-state index in [0.29, 0.717) is 23.0 Å². The summed E-state index contributed by atoms with van der Waals surface area (Å²) in [5.74, 6) is -0.0679. The number of nitrogens with one attached hydrogen (secondary N) is 3. The second-order valence-electron chi connectivity index (χ2n) is 5.82. The van der Waals surface area contributed by atoms with Gasteiger partial charge in [-0.3, -0.25) is 10.2 Å². The van der Waals surface area contributed by atoms with Crippen LogP contribution in [0.2, 0.25) is 10.0 Å². The van der Waals surface area contributed by atoms with E-state index in [-0.39, 0.29) is 17.9 Å². The molecule has 1 heterocycles. The van der Waals surface area contributed by atoms with E-state index >= 15 is 0 Å². The maximum atomic E-state index is 11.9. The molecule has 0 saturated carbocycles. The van der Waals surface area contributed by atoms with Crippen molar-refractivity contribution in [2.24, 2.45) is 11.0 Å². The highest BCUT2D eigenvalue weighted by atomic mass is 35.5. The molecule has 3 N–H and O–H groups in total. The molecule has 1 saturated heterocycles. The van der Waals surface area contributed by atoms with E-state index in [0.717, 1.165) is 11.1 Å². The predicted molar refractivity (Wildman–Crippen MR) is 101 cm³/mol. The highest BCUT2D eigenvalue weighted by Crippen LogP contribution is 2.29. The van der Waals surface area contributed by atoms with Crippen molar-refractivity contribution in [1.82, 2.24) is 16.3 Å². The number of halogens is 2. The normalized spacial score (nSPS) is 20.1. The molecule has 2 aromatic carbocycles. The number of nitrogens with zero attached hydrogens (tertiary/aromatic N) is 1. The van der Waals surface area contributed by atoms with E-state index in [1.54, 1.807) is 12.3 Å². The Morgan fingerprint density at radius 1 is 1.20 bits per heavy atom. The zero-order valence-corrected chi connectivity index (χ0v) is 14.9. The SMILES string of the molecule is O=C(Cc1ccccc1)N/N=C/C1CNNC1c1ccc(Cl)c(Cl)c1. The first-order valence-corrected chi connectivity index (χ1v) is 8.68. The van der Waals surface area contributed by atoms with Crippen molar-refractivity contribution in [1.29, 1.82) is 0 Å². The van der Waals surface area contributed by atoms with Crippen LogP contribution in [0.3, 0.4) is 0 Å². The van der Waals surface area contributed by atoms with Gasteiger partial charge in [0.15, 0.2) is 0 Å². The number of amides is 1. The Bertz CT molecular complexity index is 767. The fraction of sp³-hybridized carbons (Fsp3) is 0.222. The Balaban J connectivity index is 1.58. The molecule has 0 spiro atoms. The number of hydrazone groups is 1. The van der Waals surface area contributed by atoms with Gasteiger partial charge in [-0.15, -0.1) is 0 Å². The first kappa shape index (κ1) is 17.9. The molecule has 3 rings (SSSR count). The van der Waals surface area contributed by atoms with E-state index in [1.165, 1.54) is 0 Å². The smallest absolute Gasteiger partial charge is 0.244 e. The minimum absolute atomic E-state index is 0.00421. The lowest BCUT2D eigenvalue weighted by atomic mass is 9.96. The van der Waals surface area contributed by atoms with E-state index in [9.17, 15) is 4.79 Å². The Kier molecular flexibility index (Phi) is 6.04. The zero-order valence-electron chi connectivity index (χ0n) is 13.4. The van der Waals surface area contributed by atoms with Crippen LogP contribution < -0.4 is 16.3 Å². The quantitative estimate of drug-likeness (QED) is 0.554. The lowest BCUT2D eigenvalue weighted by Crippen LogP contribution is -2.25. The summed E-state index contributed by atoms with van der Waals surface area (Å²) in [6.07, 6.45) is 2.04. The van der Waals surface area contributed by atoms with Crippen molar-refractivity contribution in [2.45, 2.75) is 12.5 Å². The molecule has 2 atom stereocenters. The maximum absolute atomic E-state index is 11.9. The molecule has 1 aliphatic heterocycles. The van der Waals surface area contributed by atoms with Crippen LogP contribution >= 0.6 is 23.2 Å². The van der Waals surface area contributed by atoms with Gasteiger partial charge in [-0.05, 0) is 23.3 Å². The first-order valence-electron chi connectivity index (χ1n) is 7.93. The molecule has 5 nitrogen and oxygen atoms in total. The average molecular weight is 377 g/mol. The van der Waals surface area contributed by atoms with Gasteiger partial charge >= 0.3 is 0 Å².